The third-order valence-corrected chi connectivity index (χ3v) is 2.54. The van der Waals surface area contributed by atoms with Crippen LogP contribution in [-0.2, 0) is 0 Å². The number of aromatic nitrogens is 3. The van der Waals surface area contributed by atoms with Crippen LogP contribution in [0.15, 0.2) is 49.1 Å². The smallest absolute Gasteiger partial charge is 0.144 e. The van der Waals surface area contributed by atoms with Gasteiger partial charge in [-0.05, 0) is 24.3 Å². The van der Waals surface area contributed by atoms with E-state index >= 15 is 0 Å². The normalized spacial score (nSPS) is 10.8. The Balaban J connectivity index is 2.30. The highest BCUT2D eigenvalue weighted by atomic mass is 15.0. The van der Waals surface area contributed by atoms with E-state index in [1.54, 1.807) is 18.6 Å². The van der Waals surface area contributed by atoms with Crippen LogP contribution in [0.4, 0.5) is 5.69 Å². The van der Waals surface area contributed by atoms with Crippen LogP contribution in [0.1, 0.15) is 0 Å². The third-order valence-electron chi connectivity index (χ3n) is 2.54. The van der Waals surface area contributed by atoms with Crippen LogP contribution in [0.25, 0.3) is 16.9 Å². The summed E-state index contributed by atoms with van der Waals surface area (Å²) in [5.74, 6) is 0.879. The summed E-state index contributed by atoms with van der Waals surface area (Å²) >= 11 is 0. The summed E-state index contributed by atoms with van der Waals surface area (Å²) in [6, 6.07) is 7.64. The van der Waals surface area contributed by atoms with Crippen molar-refractivity contribution in [3.63, 3.8) is 0 Å². The molecule has 3 aromatic rings. The number of pyridine rings is 2. The average Bonchev–Trinajstić information content (AvgIpc) is 2.75. The molecule has 0 spiro atoms. The fraction of sp³-hybridized carbons (Fsp3) is 0. The van der Waals surface area contributed by atoms with Crippen LogP contribution in [-0.4, -0.2) is 14.4 Å². The molecular weight excluding hydrogens is 200 g/mol. The molecule has 0 saturated heterocycles. The molecule has 3 heterocycles. The molecule has 0 aromatic carbocycles. The van der Waals surface area contributed by atoms with E-state index in [2.05, 4.69) is 9.97 Å². The fourth-order valence-corrected chi connectivity index (χ4v) is 1.76. The van der Waals surface area contributed by atoms with Crippen molar-refractivity contribution in [2.75, 3.05) is 5.73 Å². The van der Waals surface area contributed by atoms with Crippen molar-refractivity contribution < 1.29 is 0 Å². The molecule has 0 aliphatic carbocycles. The van der Waals surface area contributed by atoms with Crippen LogP contribution in [0.2, 0.25) is 0 Å². The number of hydrogen-bond donors (Lipinski definition) is 1. The van der Waals surface area contributed by atoms with Gasteiger partial charge in [0.15, 0.2) is 0 Å². The Kier molecular flexibility index (Phi) is 1.86. The van der Waals surface area contributed by atoms with E-state index in [4.69, 9.17) is 5.73 Å². The standard InChI is InChI=1S/C12H10N4/c13-10-2-1-7-16-11(10)8-15-12(16)9-3-5-14-6-4-9/h1-8H,13H2. The molecule has 0 unspecified atom stereocenters. The second-order valence-corrected chi connectivity index (χ2v) is 3.54. The van der Waals surface area contributed by atoms with Gasteiger partial charge in [0, 0.05) is 24.2 Å². The van der Waals surface area contributed by atoms with Gasteiger partial charge in [-0.1, -0.05) is 0 Å². The highest BCUT2D eigenvalue weighted by Gasteiger charge is 2.06. The number of imidazole rings is 1. The second kappa shape index (κ2) is 3.34. The first-order valence-corrected chi connectivity index (χ1v) is 4.98. The molecule has 0 bridgehead atoms. The molecule has 4 heteroatoms. The summed E-state index contributed by atoms with van der Waals surface area (Å²) in [6.45, 7) is 0. The van der Waals surface area contributed by atoms with Gasteiger partial charge in [-0.2, -0.15) is 0 Å². The number of nitrogen functional groups attached to an aromatic ring is 1. The van der Waals surface area contributed by atoms with Crippen molar-refractivity contribution in [2.45, 2.75) is 0 Å². The first-order valence-electron chi connectivity index (χ1n) is 4.98. The zero-order valence-electron chi connectivity index (χ0n) is 8.54. The minimum Gasteiger partial charge on any atom is -0.397 e. The molecule has 4 nitrogen and oxygen atoms in total. The lowest BCUT2D eigenvalue weighted by Crippen LogP contribution is -1.92. The Morgan fingerprint density at radius 2 is 1.94 bits per heavy atom. The van der Waals surface area contributed by atoms with Crippen LogP contribution in [0.3, 0.4) is 0 Å². The maximum absolute atomic E-state index is 5.87. The molecule has 2 N–H and O–H groups in total. The summed E-state index contributed by atoms with van der Waals surface area (Å²) in [4.78, 5) is 8.37. The minimum atomic E-state index is 0.732. The van der Waals surface area contributed by atoms with E-state index < -0.39 is 0 Å². The molecule has 3 rings (SSSR count). The fourth-order valence-electron chi connectivity index (χ4n) is 1.76. The quantitative estimate of drug-likeness (QED) is 0.668. The highest BCUT2D eigenvalue weighted by molar-refractivity contribution is 5.72. The second-order valence-electron chi connectivity index (χ2n) is 3.54. The molecular formula is C12H10N4. The lowest BCUT2D eigenvalue weighted by molar-refractivity contribution is 1.16. The van der Waals surface area contributed by atoms with E-state index in [-0.39, 0.29) is 0 Å². The van der Waals surface area contributed by atoms with Gasteiger partial charge < -0.3 is 5.73 Å². The van der Waals surface area contributed by atoms with Gasteiger partial charge in [-0.25, -0.2) is 4.98 Å². The van der Waals surface area contributed by atoms with Crippen LogP contribution >= 0.6 is 0 Å². The van der Waals surface area contributed by atoms with Gasteiger partial charge in [0.2, 0.25) is 0 Å². The Morgan fingerprint density at radius 3 is 2.75 bits per heavy atom. The number of nitrogens with two attached hydrogens (primary N) is 1. The monoisotopic (exact) mass is 210 g/mol. The van der Waals surface area contributed by atoms with Crippen molar-refractivity contribution in [1.29, 1.82) is 0 Å². The maximum Gasteiger partial charge on any atom is 0.144 e. The minimum absolute atomic E-state index is 0.732. The molecule has 0 saturated carbocycles. The lowest BCUT2D eigenvalue weighted by atomic mass is 10.2. The van der Waals surface area contributed by atoms with Crippen molar-refractivity contribution in [3.8, 4) is 11.4 Å². The third kappa shape index (κ3) is 1.24. The Hall–Kier alpha value is -2.36. The molecule has 0 aliphatic rings. The summed E-state index contributed by atoms with van der Waals surface area (Å²) in [5.41, 5.74) is 8.56. The average molecular weight is 210 g/mol. The van der Waals surface area contributed by atoms with Gasteiger partial charge in [-0.3, -0.25) is 9.38 Å². The Labute approximate surface area is 92.4 Å². The zero-order valence-corrected chi connectivity index (χ0v) is 8.54. The number of fused-ring (bicyclic) bond motifs is 1. The van der Waals surface area contributed by atoms with E-state index in [0.717, 1.165) is 22.6 Å². The first kappa shape index (κ1) is 8.91. The molecule has 16 heavy (non-hydrogen) atoms. The number of nitrogens with zero attached hydrogens (tertiary/aromatic N) is 3. The summed E-state index contributed by atoms with van der Waals surface area (Å²) in [7, 11) is 0. The van der Waals surface area contributed by atoms with Crippen molar-refractivity contribution in [2.24, 2.45) is 0 Å². The number of rotatable bonds is 1. The van der Waals surface area contributed by atoms with Crippen molar-refractivity contribution in [1.82, 2.24) is 14.4 Å². The predicted molar refractivity (Wildman–Crippen MR) is 62.8 cm³/mol. The molecule has 0 radical (unpaired) electrons. The molecule has 0 amide bonds. The van der Waals surface area contributed by atoms with E-state index in [0.29, 0.717) is 0 Å². The van der Waals surface area contributed by atoms with Gasteiger partial charge in [-0.15, -0.1) is 0 Å². The summed E-state index contributed by atoms with van der Waals surface area (Å²) in [5, 5.41) is 0. The Morgan fingerprint density at radius 1 is 1.12 bits per heavy atom. The lowest BCUT2D eigenvalue weighted by Gasteiger charge is -2.01. The number of hydrogen-bond acceptors (Lipinski definition) is 3. The molecule has 0 atom stereocenters. The van der Waals surface area contributed by atoms with E-state index in [1.165, 1.54) is 0 Å². The number of anilines is 1. The largest absolute Gasteiger partial charge is 0.397 e. The van der Waals surface area contributed by atoms with Gasteiger partial charge in [0.1, 0.15) is 5.82 Å². The summed E-state index contributed by atoms with van der Waals surface area (Å²) < 4.78 is 1.98. The molecule has 78 valence electrons. The highest BCUT2D eigenvalue weighted by Crippen LogP contribution is 2.21. The van der Waals surface area contributed by atoms with Gasteiger partial charge in [0.05, 0.1) is 17.4 Å². The van der Waals surface area contributed by atoms with Crippen LogP contribution in [0, 0.1) is 0 Å². The van der Waals surface area contributed by atoms with E-state index in [9.17, 15) is 0 Å². The topological polar surface area (TPSA) is 56.2 Å². The van der Waals surface area contributed by atoms with Gasteiger partial charge in [0.25, 0.3) is 0 Å². The van der Waals surface area contributed by atoms with Crippen molar-refractivity contribution in [3.05, 3.63) is 49.1 Å². The van der Waals surface area contributed by atoms with Crippen molar-refractivity contribution >= 4 is 11.2 Å². The van der Waals surface area contributed by atoms with E-state index in [1.807, 2.05) is 34.9 Å². The molecule has 3 aromatic heterocycles. The SMILES string of the molecule is Nc1cccn2c(-c3ccncc3)ncc12. The Bertz CT molecular complexity index is 628. The predicted octanol–water partition coefficient (Wildman–Crippen LogP) is 1.98. The molecule has 0 aliphatic heterocycles. The molecule has 0 fully saturated rings. The first-order chi connectivity index (χ1) is 7.86. The van der Waals surface area contributed by atoms with Gasteiger partial charge >= 0.3 is 0 Å². The zero-order chi connectivity index (χ0) is 11.0. The van der Waals surface area contributed by atoms with Crippen LogP contribution in [0.5, 0.6) is 0 Å². The van der Waals surface area contributed by atoms with Crippen LogP contribution < -0.4 is 5.73 Å². The maximum atomic E-state index is 5.87. The summed E-state index contributed by atoms with van der Waals surface area (Å²) in [6.07, 6.45) is 7.24.